The molecule has 0 radical (unpaired) electrons. The van der Waals surface area contributed by atoms with Gasteiger partial charge in [-0.3, -0.25) is 9.78 Å². The van der Waals surface area contributed by atoms with E-state index in [1.165, 1.54) is 5.56 Å². The summed E-state index contributed by atoms with van der Waals surface area (Å²) >= 11 is 0. The van der Waals surface area contributed by atoms with Crippen molar-refractivity contribution >= 4 is 5.91 Å². The molecule has 0 saturated carbocycles. The lowest BCUT2D eigenvalue weighted by Gasteiger charge is -2.30. The Morgan fingerprint density at radius 3 is 3.13 bits per heavy atom. The monoisotopic (exact) mass is 313 g/mol. The van der Waals surface area contributed by atoms with Crippen molar-refractivity contribution in [1.29, 1.82) is 0 Å². The number of aryl methyl sites for hydroxylation is 1. The minimum absolute atomic E-state index is 0.209. The predicted octanol–water partition coefficient (Wildman–Crippen LogP) is 2.46. The topological polar surface area (TPSA) is 58.2 Å². The number of aromatic amines is 1. The van der Waals surface area contributed by atoms with Gasteiger partial charge >= 0.3 is 0 Å². The zero-order valence-corrected chi connectivity index (χ0v) is 13.5. The number of nitrogens with zero attached hydrogens (tertiary/aromatic N) is 2. The lowest BCUT2D eigenvalue weighted by Crippen LogP contribution is -2.36. The van der Waals surface area contributed by atoms with E-state index in [-0.39, 0.29) is 5.91 Å². The van der Waals surface area contributed by atoms with Crippen molar-refractivity contribution < 1.29 is 9.53 Å². The summed E-state index contributed by atoms with van der Waals surface area (Å²) in [5.41, 5.74) is 4.72. The van der Waals surface area contributed by atoms with E-state index in [9.17, 15) is 4.79 Å². The standard InChI is InChI=1S/C18H23N3O2/c1-2-23-13-15-11-19-10-14-12-21(9-7-17(14)15)18(22)6-5-16-4-3-8-20-16/h3-4,8,10-11,20H,2,5-7,9,12-13H2,1H3. The molecule has 2 aromatic heterocycles. The minimum atomic E-state index is 0.209. The maximum Gasteiger partial charge on any atom is 0.223 e. The fraction of sp³-hybridized carbons (Fsp3) is 0.444. The fourth-order valence-electron chi connectivity index (χ4n) is 3.04. The molecule has 0 fully saturated rings. The van der Waals surface area contributed by atoms with E-state index in [0.29, 0.717) is 26.2 Å². The molecule has 0 aromatic carbocycles. The summed E-state index contributed by atoms with van der Waals surface area (Å²) in [5.74, 6) is 0.209. The van der Waals surface area contributed by atoms with Crippen LogP contribution in [-0.4, -0.2) is 33.9 Å². The van der Waals surface area contributed by atoms with Crippen LogP contribution in [0.1, 0.15) is 35.7 Å². The van der Waals surface area contributed by atoms with Gasteiger partial charge in [0.25, 0.3) is 0 Å². The Balaban J connectivity index is 1.62. The van der Waals surface area contributed by atoms with E-state index in [1.54, 1.807) is 0 Å². The maximum absolute atomic E-state index is 12.4. The highest BCUT2D eigenvalue weighted by atomic mass is 16.5. The van der Waals surface area contributed by atoms with Gasteiger partial charge in [-0.2, -0.15) is 0 Å². The summed E-state index contributed by atoms with van der Waals surface area (Å²) in [5, 5.41) is 0. The Bertz CT molecular complexity index is 652. The third-order valence-corrected chi connectivity index (χ3v) is 4.31. The molecule has 2 aromatic rings. The number of ether oxygens (including phenoxy) is 1. The van der Waals surface area contributed by atoms with E-state index in [4.69, 9.17) is 4.74 Å². The van der Waals surface area contributed by atoms with Crippen molar-refractivity contribution in [3.8, 4) is 0 Å². The van der Waals surface area contributed by atoms with Gasteiger partial charge in [-0.15, -0.1) is 0 Å². The molecule has 1 N–H and O–H groups in total. The number of carbonyl (C=O) groups excluding carboxylic acids is 1. The molecule has 0 saturated heterocycles. The Hall–Kier alpha value is -2.14. The second-order valence-electron chi connectivity index (χ2n) is 5.83. The lowest BCUT2D eigenvalue weighted by molar-refractivity contribution is -0.132. The molecular formula is C18H23N3O2. The molecule has 5 nitrogen and oxygen atoms in total. The quantitative estimate of drug-likeness (QED) is 0.891. The van der Waals surface area contributed by atoms with Crippen molar-refractivity contribution in [3.63, 3.8) is 0 Å². The van der Waals surface area contributed by atoms with Crippen molar-refractivity contribution in [1.82, 2.24) is 14.9 Å². The number of H-pyrrole nitrogens is 1. The summed E-state index contributed by atoms with van der Waals surface area (Å²) in [7, 11) is 0. The number of aromatic nitrogens is 2. The first-order valence-corrected chi connectivity index (χ1v) is 8.20. The average molecular weight is 313 g/mol. The summed E-state index contributed by atoms with van der Waals surface area (Å²) < 4.78 is 5.52. The molecule has 0 bridgehead atoms. The Kier molecular flexibility index (Phi) is 5.08. The molecule has 0 atom stereocenters. The molecule has 5 heteroatoms. The minimum Gasteiger partial charge on any atom is -0.377 e. The molecule has 23 heavy (non-hydrogen) atoms. The molecular weight excluding hydrogens is 290 g/mol. The molecule has 0 aliphatic carbocycles. The SMILES string of the molecule is CCOCc1cncc2c1CCN(C(=O)CCc1ccc[nH]1)C2. The van der Waals surface area contributed by atoms with E-state index in [1.807, 2.05) is 42.5 Å². The van der Waals surface area contributed by atoms with Crippen LogP contribution < -0.4 is 0 Å². The number of hydrogen-bond acceptors (Lipinski definition) is 3. The highest BCUT2D eigenvalue weighted by Crippen LogP contribution is 2.23. The van der Waals surface area contributed by atoms with Gasteiger partial charge in [0.2, 0.25) is 5.91 Å². The number of fused-ring (bicyclic) bond motifs is 1. The molecule has 3 heterocycles. The normalized spacial score (nSPS) is 13.9. The summed E-state index contributed by atoms with van der Waals surface area (Å²) in [6.45, 7) is 4.74. The zero-order chi connectivity index (χ0) is 16.1. The van der Waals surface area contributed by atoms with Gasteiger partial charge in [-0.05, 0) is 48.6 Å². The molecule has 0 unspecified atom stereocenters. The molecule has 0 spiro atoms. The maximum atomic E-state index is 12.4. The van der Waals surface area contributed by atoms with Crippen LogP contribution in [0.2, 0.25) is 0 Å². The van der Waals surface area contributed by atoms with Crippen LogP contribution in [0.15, 0.2) is 30.7 Å². The van der Waals surface area contributed by atoms with Gasteiger partial charge < -0.3 is 14.6 Å². The first-order valence-electron chi connectivity index (χ1n) is 8.20. The molecule has 3 rings (SSSR count). The largest absolute Gasteiger partial charge is 0.377 e. The fourth-order valence-corrected chi connectivity index (χ4v) is 3.04. The first-order chi connectivity index (χ1) is 11.3. The van der Waals surface area contributed by atoms with Gasteiger partial charge in [0.05, 0.1) is 6.61 Å². The summed E-state index contributed by atoms with van der Waals surface area (Å²) in [6, 6.07) is 3.98. The predicted molar refractivity (Wildman–Crippen MR) is 87.8 cm³/mol. The first kappa shape index (κ1) is 15.7. The number of carbonyl (C=O) groups is 1. The number of nitrogens with one attached hydrogen (secondary N) is 1. The smallest absolute Gasteiger partial charge is 0.223 e. The van der Waals surface area contributed by atoms with Crippen molar-refractivity contribution in [2.45, 2.75) is 39.3 Å². The van der Waals surface area contributed by atoms with Crippen LogP contribution in [0.4, 0.5) is 0 Å². The van der Waals surface area contributed by atoms with Crippen molar-refractivity contribution in [2.75, 3.05) is 13.2 Å². The van der Waals surface area contributed by atoms with Crippen molar-refractivity contribution in [3.05, 3.63) is 53.1 Å². The van der Waals surface area contributed by atoms with Crippen LogP contribution in [0, 0.1) is 0 Å². The van der Waals surface area contributed by atoms with Crippen LogP contribution >= 0.6 is 0 Å². The van der Waals surface area contributed by atoms with E-state index < -0.39 is 0 Å². The highest BCUT2D eigenvalue weighted by Gasteiger charge is 2.22. The number of hydrogen-bond donors (Lipinski definition) is 1. The lowest BCUT2D eigenvalue weighted by atomic mass is 9.97. The van der Waals surface area contributed by atoms with Gasteiger partial charge in [-0.25, -0.2) is 0 Å². The molecule has 122 valence electrons. The van der Waals surface area contributed by atoms with E-state index in [0.717, 1.165) is 36.2 Å². The zero-order valence-electron chi connectivity index (χ0n) is 13.5. The van der Waals surface area contributed by atoms with Gasteiger partial charge in [-0.1, -0.05) is 0 Å². The van der Waals surface area contributed by atoms with Crippen LogP contribution in [0.3, 0.4) is 0 Å². The number of rotatable bonds is 6. The number of amides is 1. The second-order valence-corrected chi connectivity index (χ2v) is 5.83. The van der Waals surface area contributed by atoms with Gasteiger partial charge in [0.15, 0.2) is 0 Å². The van der Waals surface area contributed by atoms with Crippen LogP contribution in [0.5, 0.6) is 0 Å². The molecule has 1 aliphatic heterocycles. The second kappa shape index (κ2) is 7.42. The Morgan fingerprint density at radius 2 is 2.35 bits per heavy atom. The third-order valence-electron chi connectivity index (χ3n) is 4.31. The Labute approximate surface area is 136 Å². The molecule has 1 amide bonds. The van der Waals surface area contributed by atoms with Crippen LogP contribution in [0.25, 0.3) is 0 Å². The van der Waals surface area contributed by atoms with E-state index >= 15 is 0 Å². The van der Waals surface area contributed by atoms with Crippen molar-refractivity contribution in [2.24, 2.45) is 0 Å². The summed E-state index contributed by atoms with van der Waals surface area (Å²) in [4.78, 5) is 21.8. The summed E-state index contributed by atoms with van der Waals surface area (Å²) in [6.07, 6.45) is 7.85. The Morgan fingerprint density at radius 1 is 1.43 bits per heavy atom. The highest BCUT2D eigenvalue weighted by molar-refractivity contribution is 5.76. The van der Waals surface area contributed by atoms with E-state index in [2.05, 4.69) is 9.97 Å². The third kappa shape index (κ3) is 3.79. The average Bonchev–Trinajstić information content (AvgIpc) is 3.10. The van der Waals surface area contributed by atoms with Gasteiger partial charge in [0, 0.05) is 50.4 Å². The van der Waals surface area contributed by atoms with Crippen LogP contribution in [-0.2, 0) is 35.5 Å². The number of pyridine rings is 1. The molecule has 1 aliphatic rings. The van der Waals surface area contributed by atoms with Gasteiger partial charge in [0.1, 0.15) is 0 Å².